The first-order valence-electron chi connectivity index (χ1n) is 9.20. The third-order valence-corrected chi connectivity index (χ3v) is 5.99. The molecule has 0 aliphatic carbocycles. The molecular weight excluding hydrogens is 483 g/mol. The molecule has 0 heterocycles. The highest BCUT2D eigenvalue weighted by Gasteiger charge is 2.30. The molecule has 0 atom stereocenters. The first-order chi connectivity index (χ1) is 15.5. The Balaban J connectivity index is 1.82. The fourth-order valence-corrected chi connectivity index (χ4v) is 4.29. The van der Waals surface area contributed by atoms with Gasteiger partial charge in [0.2, 0.25) is 0 Å². The van der Waals surface area contributed by atoms with Crippen molar-refractivity contribution in [1.82, 2.24) is 0 Å². The van der Waals surface area contributed by atoms with Crippen LogP contribution in [0.15, 0.2) is 71.6 Å². The van der Waals surface area contributed by atoms with Gasteiger partial charge in [-0.15, -0.1) is 0 Å². The third-order valence-electron chi connectivity index (χ3n) is 4.28. The number of carbonyl (C=O) groups excluding carboxylic acids is 1. The van der Waals surface area contributed by atoms with Gasteiger partial charge in [0.05, 0.1) is 23.4 Å². The average Bonchev–Trinajstić information content (AvgIpc) is 2.75. The van der Waals surface area contributed by atoms with Gasteiger partial charge >= 0.3 is 12.2 Å². The molecule has 0 spiro atoms. The smallest absolute Gasteiger partial charge is 0.416 e. The average molecular weight is 500 g/mol. The van der Waals surface area contributed by atoms with Crippen LogP contribution in [0, 0.1) is 0 Å². The molecule has 33 heavy (non-hydrogen) atoms. The second kappa shape index (κ2) is 9.59. The number of para-hydroxylation sites is 1. The Labute approximate surface area is 192 Å². The fraction of sp³-hybridized carbons (Fsp3) is 0.0952. The summed E-state index contributed by atoms with van der Waals surface area (Å²) in [6, 6.07) is 13.2. The number of hydrogen-bond donors (Lipinski definition) is 3. The van der Waals surface area contributed by atoms with Crippen LogP contribution in [0.5, 0.6) is 5.75 Å². The number of carbonyl (C=O) groups is 1. The Morgan fingerprint density at radius 3 is 2.24 bits per heavy atom. The van der Waals surface area contributed by atoms with E-state index in [0.29, 0.717) is 0 Å². The number of anilines is 3. The van der Waals surface area contributed by atoms with E-state index in [1.165, 1.54) is 37.4 Å². The number of alkyl halides is 3. The van der Waals surface area contributed by atoms with Crippen molar-refractivity contribution in [1.29, 1.82) is 0 Å². The number of benzene rings is 3. The lowest BCUT2D eigenvalue weighted by Crippen LogP contribution is -2.20. The Bertz CT molecular complexity index is 1280. The summed E-state index contributed by atoms with van der Waals surface area (Å²) < 4.78 is 71.8. The minimum absolute atomic E-state index is 0.00149. The molecule has 0 aliphatic heterocycles. The van der Waals surface area contributed by atoms with E-state index in [1.807, 2.05) is 0 Å². The summed E-state index contributed by atoms with van der Waals surface area (Å²) in [6.45, 7) is 0. The molecule has 0 unspecified atom stereocenters. The molecule has 3 N–H and O–H groups in total. The number of ether oxygens (including phenoxy) is 1. The fourth-order valence-electron chi connectivity index (χ4n) is 2.77. The zero-order valence-corrected chi connectivity index (χ0v) is 18.5. The maximum Gasteiger partial charge on any atom is 0.416 e. The predicted molar refractivity (Wildman–Crippen MR) is 119 cm³/mol. The molecule has 2 amide bonds. The van der Waals surface area contributed by atoms with E-state index in [9.17, 15) is 26.4 Å². The number of nitrogens with one attached hydrogen (secondary N) is 3. The molecule has 3 aromatic rings. The van der Waals surface area contributed by atoms with Gasteiger partial charge in [0.1, 0.15) is 10.6 Å². The van der Waals surface area contributed by atoms with Gasteiger partial charge in [-0.3, -0.25) is 4.72 Å². The standard InChI is InChI=1S/C21H17ClF3N3O4S/c1-32-18-10-9-15(12-19(18)33(30,31)28-17-8-3-2-7-16(17)22)27-20(29)26-14-6-4-5-13(11-14)21(23,24)25/h2-12,28H,1H3,(H2,26,27,29). The van der Waals surface area contributed by atoms with Gasteiger partial charge in [-0.25, -0.2) is 13.2 Å². The SMILES string of the molecule is COc1ccc(NC(=O)Nc2cccc(C(F)(F)F)c2)cc1S(=O)(=O)Nc1ccccc1Cl. The molecule has 174 valence electrons. The summed E-state index contributed by atoms with van der Waals surface area (Å²) in [6.07, 6.45) is -4.57. The van der Waals surface area contributed by atoms with Crippen LogP contribution in [0.25, 0.3) is 0 Å². The van der Waals surface area contributed by atoms with Crippen LogP contribution in [-0.2, 0) is 16.2 Å². The molecule has 0 fully saturated rings. The monoisotopic (exact) mass is 499 g/mol. The van der Waals surface area contributed by atoms with Crippen molar-refractivity contribution < 1.29 is 31.1 Å². The molecule has 0 bridgehead atoms. The van der Waals surface area contributed by atoms with Crippen molar-refractivity contribution in [3.8, 4) is 5.75 Å². The van der Waals surface area contributed by atoms with Gasteiger partial charge in [0.15, 0.2) is 0 Å². The minimum atomic E-state index is -4.57. The van der Waals surface area contributed by atoms with Gasteiger partial charge in [-0.2, -0.15) is 13.2 Å². The molecule has 0 aromatic heterocycles. The van der Waals surface area contributed by atoms with Crippen LogP contribution in [0.4, 0.5) is 35.0 Å². The second-order valence-corrected chi connectivity index (χ2v) is 8.67. The number of hydrogen-bond acceptors (Lipinski definition) is 4. The zero-order chi connectivity index (χ0) is 24.2. The van der Waals surface area contributed by atoms with E-state index in [1.54, 1.807) is 12.1 Å². The zero-order valence-electron chi connectivity index (χ0n) is 16.9. The number of sulfonamides is 1. The summed E-state index contributed by atoms with van der Waals surface area (Å²) in [4.78, 5) is 12.0. The van der Waals surface area contributed by atoms with Crippen molar-refractivity contribution >= 4 is 44.7 Å². The first kappa shape index (κ1) is 24.2. The van der Waals surface area contributed by atoms with E-state index >= 15 is 0 Å². The van der Waals surface area contributed by atoms with Crippen molar-refractivity contribution in [2.24, 2.45) is 0 Å². The van der Waals surface area contributed by atoms with Gasteiger partial charge in [0.25, 0.3) is 10.0 Å². The lowest BCUT2D eigenvalue weighted by Gasteiger charge is -2.15. The van der Waals surface area contributed by atoms with Crippen molar-refractivity contribution in [3.63, 3.8) is 0 Å². The van der Waals surface area contributed by atoms with Gasteiger partial charge in [-0.05, 0) is 48.5 Å². The highest BCUT2D eigenvalue weighted by molar-refractivity contribution is 7.92. The number of amides is 2. The lowest BCUT2D eigenvalue weighted by atomic mass is 10.2. The summed E-state index contributed by atoms with van der Waals surface area (Å²) >= 11 is 6.01. The van der Waals surface area contributed by atoms with E-state index in [2.05, 4.69) is 15.4 Å². The normalized spacial score (nSPS) is 11.5. The van der Waals surface area contributed by atoms with E-state index in [-0.39, 0.29) is 32.7 Å². The van der Waals surface area contributed by atoms with Crippen LogP contribution < -0.4 is 20.1 Å². The van der Waals surface area contributed by atoms with Crippen molar-refractivity contribution in [2.75, 3.05) is 22.5 Å². The maximum atomic E-state index is 12.9. The Hall–Kier alpha value is -3.44. The van der Waals surface area contributed by atoms with E-state index in [0.717, 1.165) is 24.3 Å². The molecular formula is C21H17ClF3N3O4S. The summed E-state index contributed by atoms with van der Waals surface area (Å²) in [7, 11) is -2.90. The molecule has 7 nitrogen and oxygen atoms in total. The molecule has 3 aromatic carbocycles. The van der Waals surface area contributed by atoms with E-state index in [4.69, 9.17) is 16.3 Å². The Morgan fingerprint density at radius 2 is 1.61 bits per heavy atom. The van der Waals surface area contributed by atoms with Gasteiger partial charge < -0.3 is 15.4 Å². The maximum absolute atomic E-state index is 12.9. The summed E-state index contributed by atoms with van der Waals surface area (Å²) in [5, 5.41) is 4.83. The molecule has 0 radical (unpaired) electrons. The predicted octanol–water partition coefficient (Wildman–Crippen LogP) is 5.81. The van der Waals surface area contributed by atoms with Crippen LogP contribution in [0.1, 0.15) is 5.56 Å². The molecule has 0 aliphatic rings. The number of halogens is 4. The number of methoxy groups -OCH3 is 1. The molecule has 12 heteroatoms. The van der Waals surface area contributed by atoms with Crippen LogP contribution in [-0.4, -0.2) is 21.6 Å². The lowest BCUT2D eigenvalue weighted by molar-refractivity contribution is -0.137. The quantitative estimate of drug-likeness (QED) is 0.398. The summed E-state index contributed by atoms with van der Waals surface area (Å²) in [5.74, 6) is -0.00149. The Morgan fingerprint density at radius 1 is 0.939 bits per heavy atom. The first-order valence-corrected chi connectivity index (χ1v) is 11.1. The van der Waals surface area contributed by atoms with Gasteiger partial charge in [0, 0.05) is 11.4 Å². The highest BCUT2D eigenvalue weighted by atomic mass is 35.5. The third kappa shape index (κ3) is 6.08. The van der Waals surface area contributed by atoms with Gasteiger partial charge in [-0.1, -0.05) is 29.8 Å². The molecule has 3 rings (SSSR count). The highest BCUT2D eigenvalue weighted by Crippen LogP contribution is 2.32. The topological polar surface area (TPSA) is 96.5 Å². The molecule has 0 saturated carbocycles. The number of urea groups is 1. The van der Waals surface area contributed by atoms with E-state index < -0.39 is 27.8 Å². The van der Waals surface area contributed by atoms with Crippen molar-refractivity contribution in [3.05, 3.63) is 77.3 Å². The number of rotatable bonds is 6. The van der Waals surface area contributed by atoms with Crippen LogP contribution >= 0.6 is 11.6 Å². The van der Waals surface area contributed by atoms with Crippen molar-refractivity contribution in [2.45, 2.75) is 11.1 Å². The largest absolute Gasteiger partial charge is 0.495 e. The molecule has 0 saturated heterocycles. The van der Waals surface area contributed by atoms with Crippen LogP contribution in [0.2, 0.25) is 5.02 Å². The minimum Gasteiger partial charge on any atom is -0.495 e. The summed E-state index contributed by atoms with van der Waals surface area (Å²) in [5.41, 5.74) is -0.825. The Kier molecular flexibility index (Phi) is 7.04. The van der Waals surface area contributed by atoms with Crippen LogP contribution in [0.3, 0.4) is 0 Å². The second-order valence-electron chi connectivity index (χ2n) is 6.61.